The van der Waals surface area contributed by atoms with Crippen LogP contribution in [0.1, 0.15) is 0 Å². The van der Waals surface area contributed by atoms with E-state index in [1.165, 1.54) is 0 Å². The Hall–Kier alpha value is -0.380. The van der Waals surface area contributed by atoms with Gasteiger partial charge in [0.2, 0.25) is 0 Å². The molecule has 4 heteroatoms. The van der Waals surface area contributed by atoms with Crippen molar-refractivity contribution in [3.8, 4) is 5.06 Å². The standard InChI is InChI=1S/C10H9ClOS2/c1-12-8-5-6-3-4-7(13-2)9(11)10(6)14-8/h3-5H,1-2H3. The smallest absolute Gasteiger partial charge is 0.174 e. The van der Waals surface area contributed by atoms with Gasteiger partial charge in [0, 0.05) is 4.90 Å². The zero-order valence-electron chi connectivity index (χ0n) is 7.83. The average Bonchev–Trinajstić information content (AvgIpc) is 2.62. The van der Waals surface area contributed by atoms with Crippen molar-refractivity contribution < 1.29 is 4.74 Å². The Morgan fingerprint density at radius 2 is 2.21 bits per heavy atom. The number of benzene rings is 1. The number of hydrogen-bond donors (Lipinski definition) is 0. The van der Waals surface area contributed by atoms with Crippen molar-refractivity contribution in [2.45, 2.75) is 4.90 Å². The third-order valence-electron chi connectivity index (χ3n) is 1.99. The molecule has 0 saturated heterocycles. The summed E-state index contributed by atoms with van der Waals surface area (Å²) in [7, 11) is 1.67. The summed E-state index contributed by atoms with van der Waals surface area (Å²) in [4.78, 5) is 1.11. The van der Waals surface area contributed by atoms with E-state index in [0.29, 0.717) is 0 Å². The van der Waals surface area contributed by atoms with Crippen molar-refractivity contribution >= 4 is 44.8 Å². The second-order valence-electron chi connectivity index (χ2n) is 2.77. The summed E-state index contributed by atoms with van der Waals surface area (Å²) >= 11 is 9.49. The van der Waals surface area contributed by atoms with Gasteiger partial charge in [-0.15, -0.1) is 11.8 Å². The lowest BCUT2D eigenvalue weighted by atomic mass is 10.3. The van der Waals surface area contributed by atoms with Crippen molar-refractivity contribution in [1.29, 1.82) is 0 Å². The molecule has 0 spiro atoms. The van der Waals surface area contributed by atoms with Crippen LogP contribution in [0, 0.1) is 0 Å². The molecule has 0 aliphatic heterocycles. The van der Waals surface area contributed by atoms with Crippen molar-refractivity contribution in [3.63, 3.8) is 0 Å². The van der Waals surface area contributed by atoms with Crippen molar-refractivity contribution in [1.82, 2.24) is 0 Å². The van der Waals surface area contributed by atoms with Crippen LogP contribution in [0.25, 0.3) is 10.1 Å². The summed E-state index contributed by atoms with van der Waals surface area (Å²) in [5, 5.41) is 2.89. The van der Waals surface area contributed by atoms with Gasteiger partial charge in [-0.05, 0) is 23.8 Å². The molecule has 0 unspecified atom stereocenters. The molecule has 1 aromatic carbocycles. The van der Waals surface area contributed by atoms with E-state index in [0.717, 1.165) is 25.1 Å². The molecule has 2 aromatic rings. The molecule has 2 rings (SSSR count). The topological polar surface area (TPSA) is 9.23 Å². The summed E-state index contributed by atoms with van der Waals surface area (Å²) < 4.78 is 6.29. The average molecular weight is 245 g/mol. The van der Waals surface area contributed by atoms with Crippen LogP contribution >= 0.6 is 34.7 Å². The minimum absolute atomic E-state index is 0.836. The molecule has 74 valence electrons. The Kier molecular flexibility index (Phi) is 2.91. The molecule has 0 saturated carbocycles. The fourth-order valence-electron chi connectivity index (χ4n) is 1.29. The minimum Gasteiger partial charge on any atom is -0.487 e. The second kappa shape index (κ2) is 4.01. The molecule has 0 N–H and O–H groups in total. The van der Waals surface area contributed by atoms with Crippen LogP contribution in [0.3, 0.4) is 0 Å². The van der Waals surface area contributed by atoms with E-state index < -0.39 is 0 Å². The lowest BCUT2D eigenvalue weighted by molar-refractivity contribution is 0.427. The van der Waals surface area contributed by atoms with Crippen LogP contribution in [0.4, 0.5) is 0 Å². The molecular weight excluding hydrogens is 236 g/mol. The van der Waals surface area contributed by atoms with Gasteiger partial charge in [-0.3, -0.25) is 0 Å². The first kappa shape index (κ1) is 10.1. The van der Waals surface area contributed by atoms with Gasteiger partial charge < -0.3 is 4.74 Å². The Balaban J connectivity index is 2.68. The summed E-state index contributed by atoms with van der Waals surface area (Å²) in [6.07, 6.45) is 2.03. The number of ether oxygens (including phenoxy) is 1. The van der Waals surface area contributed by atoms with E-state index in [4.69, 9.17) is 16.3 Å². The van der Waals surface area contributed by atoms with Gasteiger partial charge in [0.25, 0.3) is 0 Å². The molecule has 0 atom stereocenters. The van der Waals surface area contributed by atoms with Crippen LogP contribution in [0.2, 0.25) is 5.02 Å². The highest BCUT2D eigenvalue weighted by molar-refractivity contribution is 7.98. The molecule has 14 heavy (non-hydrogen) atoms. The SMILES string of the molecule is COc1cc2ccc(SC)c(Cl)c2s1. The summed E-state index contributed by atoms with van der Waals surface area (Å²) in [5.41, 5.74) is 0. The maximum absolute atomic E-state index is 6.25. The van der Waals surface area contributed by atoms with Crippen LogP contribution in [0.15, 0.2) is 23.1 Å². The molecule has 0 bridgehead atoms. The summed E-state index contributed by atoms with van der Waals surface area (Å²) in [5.74, 6) is 0. The molecular formula is C10H9ClOS2. The number of fused-ring (bicyclic) bond motifs is 1. The third-order valence-corrected chi connectivity index (χ3v) is 4.52. The largest absolute Gasteiger partial charge is 0.487 e. The Labute approximate surface area is 96.0 Å². The fourth-order valence-corrected chi connectivity index (χ4v) is 3.27. The van der Waals surface area contributed by atoms with E-state index in [1.807, 2.05) is 18.4 Å². The Morgan fingerprint density at radius 1 is 1.43 bits per heavy atom. The van der Waals surface area contributed by atoms with E-state index in [1.54, 1.807) is 30.2 Å². The van der Waals surface area contributed by atoms with E-state index in [2.05, 4.69) is 6.07 Å². The van der Waals surface area contributed by atoms with Crippen LogP contribution < -0.4 is 4.74 Å². The molecule has 1 aromatic heterocycles. The van der Waals surface area contributed by atoms with Gasteiger partial charge in [-0.2, -0.15) is 0 Å². The number of rotatable bonds is 2. The molecule has 1 nitrogen and oxygen atoms in total. The van der Waals surface area contributed by atoms with Gasteiger partial charge in [0.05, 0.1) is 16.8 Å². The van der Waals surface area contributed by atoms with Crippen molar-refractivity contribution in [2.75, 3.05) is 13.4 Å². The Morgan fingerprint density at radius 3 is 2.86 bits per heavy atom. The summed E-state index contributed by atoms with van der Waals surface area (Å²) in [6, 6.07) is 6.13. The zero-order chi connectivity index (χ0) is 10.1. The first-order valence-corrected chi connectivity index (χ1v) is 6.48. The molecule has 1 heterocycles. The summed E-state index contributed by atoms with van der Waals surface area (Å²) in [6.45, 7) is 0. The normalized spacial score (nSPS) is 10.8. The highest BCUT2D eigenvalue weighted by Gasteiger charge is 2.08. The maximum Gasteiger partial charge on any atom is 0.174 e. The van der Waals surface area contributed by atoms with Gasteiger partial charge in [-0.1, -0.05) is 29.0 Å². The predicted molar refractivity (Wildman–Crippen MR) is 65.2 cm³/mol. The van der Waals surface area contributed by atoms with Gasteiger partial charge >= 0.3 is 0 Å². The quantitative estimate of drug-likeness (QED) is 0.729. The lowest BCUT2D eigenvalue weighted by Gasteiger charge is -1.99. The zero-order valence-corrected chi connectivity index (χ0v) is 10.2. The van der Waals surface area contributed by atoms with Crippen LogP contribution in [-0.4, -0.2) is 13.4 Å². The number of thiophene rings is 1. The second-order valence-corrected chi connectivity index (χ2v) is 5.01. The molecule has 0 radical (unpaired) electrons. The first-order chi connectivity index (χ1) is 6.76. The fraction of sp³-hybridized carbons (Fsp3) is 0.200. The van der Waals surface area contributed by atoms with E-state index in [-0.39, 0.29) is 0 Å². The van der Waals surface area contributed by atoms with E-state index >= 15 is 0 Å². The van der Waals surface area contributed by atoms with Crippen LogP contribution in [0.5, 0.6) is 5.06 Å². The highest BCUT2D eigenvalue weighted by atomic mass is 35.5. The van der Waals surface area contributed by atoms with Crippen molar-refractivity contribution in [3.05, 3.63) is 23.2 Å². The number of thioether (sulfide) groups is 1. The van der Waals surface area contributed by atoms with Gasteiger partial charge in [0.15, 0.2) is 5.06 Å². The maximum atomic E-state index is 6.25. The monoisotopic (exact) mass is 244 g/mol. The molecule has 0 amide bonds. The van der Waals surface area contributed by atoms with Crippen LogP contribution in [-0.2, 0) is 0 Å². The predicted octanol–water partition coefficient (Wildman–Crippen LogP) is 4.29. The first-order valence-electron chi connectivity index (χ1n) is 4.06. The van der Waals surface area contributed by atoms with E-state index in [9.17, 15) is 0 Å². The Bertz CT molecular complexity index is 464. The lowest BCUT2D eigenvalue weighted by Crippen LogP contribution is -1.73. The number of halogens is 1. The van der Waals surface area contributed by atoms with Gasteiger partial charge in [0.1, 0.15) is 0 Å². The highest BCUT2D eigenvalue weighted by Crippen LogP contribution is 2.40. The third kappa shape index (κ3) is 1.60. The molecule has 0 aliphatic rings. The minimum atomic E-state index is 0.836. The van der Waals surface area contributed by atoms with Crippen molar-refractivity contribution in [2.24, 2.45) is 0 Å². The molecule has 0 aliphatic carbocycles. The van der Waals surface area contributed by atoms with Gasteiger partial charge in [-0.25, -0.2) is 0 Å². The number of hydrogen-bond acceptors (Lipinski definition) is 3. The molecule has 0 fully saturated rings. The number of methoxy groups -OCH3 is 1.